The number of sulfonamides is 1. The summed E-state index contributed by atoms with van der Waals surface area (Å²) < 4.78 is 67.3. The van der Waals surface area contributed by atoms with Crippen molar-refractivity contribution in [3.8, 4) is 11.5 Å². The first kappa shape index (κ1) is 38.4. The molecule has 0 bridgehead atoms. The molecule has 4 heterocycles. The summed E-state index contributed by atoms with van der Waals surface area (Å²) in [6.45, 7) is 9.54. The van der Waals surface area contributed by atoms with Crippen LogP contribution < -0.4 is 19.7 Å². The lowest BCUT2D eigenvalue weighted by Crippen LogP contribution is -2.47. The lowest BCUT2D eigenvalue weighted by molar-refractivity contribution is -0.384. The lowest BCUT2D eigenvalue weighted by atomic mass is 9.72. The Morgan fingerprint density at radius 2 is 1.87 bits per heavy atom. The molecule has 8 rings (SSSR count). The van der Waals surface area contributed by atoms with Gasteiger partial charge in [0, 0.05) is 86.9 Å². The van der Waals surface area contributed by atoms with Gasteiger partial charge >= 0.3 is 0 Å². The molecule has 1 aliphatic carbocycles. The van der Waals surface area contributed by atoms with Gasteiger partial charge in [-0.2, -0.15) is 0 Å². The van der Waals surface area contributed by atoms with Crippen LogP contribution in [0.5, 0.6) is 11.5 Å². The van der Waals surface area contributed by atoms with E-state index in [-0.39, 0.29) is 34.9 Å². The molecule has 0 radical (unpaired) electrons. The number of piperazine rings is 1. The number of ether oxygens (including phenoxy) is 2. The van der Waals surface area contributed by atoms with Crippen molar-refractivity contribution < 1.29 is 31.7 Å². The predicted octanol–water partition coefficient (Wildman–Crippen LogP) is 8.66. The van der Waals surface area contributed by atoms with Crippen molar-refractivity contribution in [1.29, 1.82) is 0 Å². The minimum absolute atomic E-state index is 0.00362. The van der Waals surface area contributed by atoms with E-state index < -0.39 is 55.3 Å². The Morgan fingerprint density at radius 1 is 1.10 bits per heavy atom. The zero-order valence-corrected chi connectivity index (χ0v) is 35.6. The Bertz CT molecular complexity index is 2740. The number of nitrogens with one attached hydrogen (secondary N) is 3. The third-order valence-electron chi connectivity index (χ3n) is 11.7. The molecule has 2 aromatic heterocycles. The highest BCUT2D eigenvalue weighted by Crippen LogP contribution is 2.43. The van der Waals surface area contributed by atoms with E-state index >= 15 is 0 Å². The normalized spacial score (nSPS) is 18.3. The van der Waals surface area contributed by atoms with Crippen LogP contribution in [-0.2, 0) is 14.8 Å². The van der Waals surface area contributed by atoms with Crippen molar-refractivity contribution >= 4 is 61.2 Å². The smallest absolute Gasteiger partial charge is 0.293 e. The summed E-state index contributed by atoms with van der Waals surface area (Å²) in [6.07, 6.45) is 7.63. The van der Waals surface area contributed by atoms with Crippen LogP contribution in [0.1, 0.15) is 66.0 Å². The number of rotatable bonds is 13. The maximum Gasteiger partial charge on any atom is 0.293 e. The van der Waals surface area contributed by atoms with Gasteiger partial charge in [-0.1, -0.05) is 43.2 Å². The zero-order valence-electron chi connectivity index (χ0n) is 37.1. The number of carbonyl (C=O) groups excluding carboxylic acids is 1. The molecular weight excluding hydrogens is 818 g/mol. The quantitative estimate of drug-likeness (QED) is 0.0764. The second kappa shape index (κ2) is 17.9. The molecule has 0 saturated carbocycles. The molecule has 0 unspecified atom stereocenters. The molecule has 0 spiro atoms. The number of amides is 1. The van der Waals surface area contributed by atoms with Gasteiger partial charge in [0.1, 0.15) is 22.8 Å². The molecule has 61 heavy (non-hydrogen) atoms. The number of allylic oxidation sites excluding steroid dienone is 1. The minimum atomic E-state index is -5.13. The van der Waals surface area contributed by atoms with Crippen molar-refractivity contribution in [2.24, 2.45) is 11.3 Å². The molecule has 2 saturated heterocycles. The molecular formula is C45H50ClN7O7S. The summed E-state index contributed by atoms with van der Waals surface area (Å²) in [5, 5.41) is 16.6. The maximum absolute atomic E-state index is 14.0. The molecule has 3 N–H and O–H groups in total. The van der Waals surface area contributed by atoms with E-state index in [4.69, 9.17) is 25.2 Å². The predicted molar refractivity (Wildman–Crippen MR) is 237 cm³/mol. The standard InChI is InChI=1S/C45H50ClN7O7S/c1-45(2)15-11-33(39(26-45)31-3-5-34(46)6-4-31)29-51-17-19-52(20-18-51)35-7-9-38(42(24-35)60-36-23-32-12-16-47-43(32)49-28-36)44(54)50-61(57,58)37-8-10-40(41(25-37)53(55)56)48-27-30-13-21-59-22-14-30/h3-10,12,16,23-25,28,30,48H,11,13-15,17-22,26-27,29H2,1-2H3,(H,47,49)(H,50,54)/i8D,10D,25D. The average molecular weight is 871 g/mol. The number of nitro groups is 1. The Kier molecular flexibility index (Phi) is 11.3. The van der Waals surface area contributed by atoms with Crippen LogP contribution in [-0.4, -0.2) is 86.6 Å². The highest BCUT2D eigenvalue weighted by molar-refractivity contribution is 7.90. The van der Waals surface area contributed by atoms with Gasteiger partial charge in [0.15, 0.2) is 0 Å². The topological polar surface area (TPSA) is 172 Å². The number of H-pyrrole nitrogens is 1. The minimum Gasteiger partial charge on any atom is -0.455 e. The van der Waals surface area contributed by atoms with Gasteiger partial charge in [-0.25, -0.2) is 18.1 Å². The first-order valence-electron chi connectivity index (χ1n) is 21.9. The van der Waals surface area contributed by atoms with Crippen molar-refractivity contribution in [1.82, 2.24) is 19.6 Å². The van der Waals surface area contributed by atoms with E-state index in [1.165, 1.54) is 29.0 Å². The van der Waals surface area contributed by atoms with Gasteiger partial charge in [-0.3, -0.25) is 19.8 Å². The number of hydrogen-bond acceptors (Lipinski definition) is 11. The lowest BCUT2D eigenvalue weighted by Gasteiger charge is -2.39. The second-order valence-electron chi connectivity index (χ2n) is 16.6. The van der Waals surface area contributed by atoms with Gasteiger partial charge in [-0.05, 0) is 103 Å². The molecule has 16 heteroatoms. The summed E-state index contributed by atoms with van der Waals surface area (Å²) >= 11 is 6.24. The van der Waals surface area contributed by atoms with Gasteiger partial charge in [0.2, 0.25) is 0 Å². The molecule has 320 valence electrons. The Labute approximate surface area is 364 Å². The third-order valence-corrected chi connectivity index (χ3v) is 13.1. The van der Waals surface area contributed by atoms with E-state index in [1.54, 1.807) is 30.5 Å². The number of aromatic nitrogens is 2. The van der Waals surface area contributed by atoms with Crippen molar-refractivity contribution in [2.45, 2.75) is 50.8 Å². The van der Waals surface area contributed by atoms with Crippen molar-refractivity contribution in [3.05, 3.63) is 117 Å². The first-order chi connectivity index (χ1) is 30.6. The SMILES string of the molecule is [2H]c1c([2H])c(S(=O)(=O)NC(=O)c2ccc(N3CCN(CC4=C(c5ccc(Cl)cc5)CC(C)(C)CC4)CC3)cc2Oc2cnc3[nH]ccc3c2)c([2H])c([N+](=O)[O-])c1NCC1CCOCC1. The second-order valence-corrected chi connectivity index (χ2v) is 18.7. The van der Waals surface area contributed by atoms with Crippen molar-refractivity contribution in [3.63, 3.8) is 0 Å². The van der Waals surface area contributed by atoms with Crippen LogP contribution in [0.4, 0.5) is 17.1 Å². The van der Waals surface area contributed by atoms with Crippen LogP contribution in [0, 0.1) is 21.4 Å². The molecule has 2 fully saturated rings. The van der Waals surface area contributed by atoms with Crippen LogP contribution in [0.25, 0.3) is 16.6 Å². The largest absolute Gasteiger partial charge is 0.455 e. The van der Waals surface area contributed by atoms with Gasteiger partial charge < -0.3 is 24.7 Å². The summed E-state index contributed by atoms with van der Waals surface area (Å²) in [5.74, 6) is -0.841. The van der Waals surface area contributed by atoms with Crippen LogP contribution in [0.2, 0.25) is 5.02 Å². The van der Waals surface area contributed by atoms with Crippen LogP contribution in [0.15, 0.2) is 95.6 Å². The van der Waals surface area contributed by atoms with Gasteiger partial charge in [-0.15, -0.1) is 0 Å². The number of nitrogens with zero attached hydrogens (tertiary/aromatic N) is 4. The fraction of sp³-hybridized carbons (Fsp3) is 0.378. The molecule has 3 aromatic carbocycles. The van der Waals surface area contributed by atoms with Crippen LogP contribution >= 0.6 is 11.6 Å². The van der Waals surface area contributed by atoms with E-state index in [0.29, 0.717) is 49.8 Å². The van der Waals surface area contributed by atoms with Gasteiger partial charge in [0.25, 0.3) is 21.6 Å². The maximum atomic E-state index is 14.0. The Hall–Kier alpha value is -5.48. The fourth-order valence-corrected chi connectivity index (χ4v) is 9.18. The number of fused-ring (bicyclic) bond motifs is 1. The number of hydrogen-bond donors (Lipinski definition) is 3. The monoisotopic (exact) mass is 870 g/mol. The summed E-state index contributed by atoms with van der Waals surface area (Å²) in [7, 11) is -5.13. The number of nitro benzene ring substituents is 1. The number of pyridine rings is 1. The number of benzene rings is 3. The number of anilines is 2. The zero-order chi connectivity index (χ0) is 45.3. The molecule has 1 amide bonds. The summed E-state index contributed by atoms with van der Waals surface area (Å²) in [6, 6.07) is 13.5. The summed E-state index contributed by atoms with van der Waals surface area (Å²) in [5.41, 5.74) is 3.94. The van der Waals surface area contributed by atoms with E-state index in [0.717, 1.165) is 50.0 Å². The molecule has 14 nitrogen and oxygen atoms in total. The van der Waals surface area contributed by atoms with Crippen molar-refractivity contribution in [2.75, 3.05) is 62.7 Å². The highest BCUT2D eigenvalue weighted by Gasteiger charge is 2.31. The fourth-order valence-electron chi connectivity index (χ4n) is 8.18. The van der Waals surface area contributed by atoms with E-state index in [2.05, 4.69) is 51.1 Å². The molecule has 0 atom stereocenters. The molecule has 2 aliphatic heterocycles. The molecule has 5 aromatic rings. The highest BCUT2D eigenvalue weighted by atomic mass is 35.5. The van der Waals surface area contributed by atoms with E-state index in [9.17, 15) is 23.3 Å². The average Bonchev–Trinajstić information content (AvgIpc) is 3.74. The molecule has 3 aliphatic rings. The number of halogens is 1. The first-order valence-corrected chi connectivity index (χ1v) is 22.3. The van der Waals surface area contributed by atoms with Crippen LogP contribution in [0.3, 0.4) is 0 Å². The summed E-state index contributed by atoms with van der Waals surface area (Å²) in [4.78, 5) is 36.2. The Morgan fingerprint density at radius 3 is 2.62 bits per heavy atom. The Balaban J connectivity index is 1.04. The number of aromatic amines is 1. The third kappa shape index (κ3) is 10.0. The van der Waals surface area contributed by atoms with Gasteiger partial charge in [0.05, 0.1) is 25.7 Å². The number of carbonyl (C=O) groups is 1. The van der Waals surface area contributed by atoms with E-state index in [1.807, 2.05) is 16.9 Å².